The van der Waals surface area contributed by atoms with Crippen molar-refractivity contribution in [2.45, 2.75) is 103 Å². The minimum absolute atomic E-state index is 0.138. The lowest BCUT2D eigenvalue weighted by molar-refractivity contribution is 0.0106. The molecule has 0 fully saturated rings. The maximum atomic E-state index is 9.65. The van der Waals surface area contributed by atoms with Crippen molar-refractivity contribution in [2.75, 3.05) is 6.54 Å². The van der Waals surface area contributed by atoms with Crippen molar-refractivity contribution in [2.24, 2.45) is 4.99 Å². The number of aliphatic hydroxyl groups is 1. The molecule has 0 bridgehead atoms. The van der Waals surface area contributed by atoms with E-state index >= 15 is 0 Å². The molecule has 0 aliphatic carbocycles. The molecule has 0 saturated carbocycles. The van der Waals surface area contributed by atoms with Gasteiger partial charge in [-0.25, -0.2) is 0 Å². The minimum atomic E-state index is -0.405. The second-order valence-electron chi connectivity index (χ2n) is 6.82. The summed E-state index contributed by atoms with van der Waals surface area (Å²) in [7, 11) is 0. The molecule has 3 heteroatoms. The summed E-state index contributed by atoms with van der Waals surface area (Å²) < 4.78 is 0. The number of allylic oxidation sites excluding steroid dienone is 1. The highest BCUT2D eigenvalue weighted by Crippen LogP contribution is 2.15. The van der Waals surface area contributed by atoms with Gasteiger partial charge in [0.1, 0.15) is 12.4 Å². The van der Waals surface area contributed by atoms with Gasteiger partial charge in [-0.2, -0.15) is 0 Å². The van der Waals surface area contributed by atoms with Crippen LogP contribution in [0, 0.1) is 0 Å². The molecule has 1 rings (SSSR count). The maximum Gasteiger partial charge on any atom is 0.107 e. The van der Waals surface area contributed by atoms with E-state index in [9.17, 15) is 5.11 Å². The van der Waals surface area contributed by atoms with Crippen LogP contribution in [0.4, 0.5) is 0 Å². The third-order valence-corrected chi connectivity index (χ3v) is 4.67. The van der Waals surface area contributed by atoms with E-state index in [1.165, 1.54) is 70.6 Å². The zero-order valence-electron chi connectivity index (χ0n) is 15.4. The van der Waals surface area contributed by atoms with E-state index < -0.39 is 6.23 Å². The number of aliphatic hydroxyl groups excluding tert-OH is 1. The normalized spacial score (nSPS) is 19.9. The quantitative estimate of drug-likeness (QED) is 0.348. The molecule has 0 aromatic rings. The largest absolute Gasteiger partial charge is 0.379 e. The van der Waals surface area contributed by atoms with E-state index in [0.717, 1.165) is 13.0 Å². The van der Waals surface area contributed by atoms with Crippen LogP contribution < -0.4 is 0 Å². The summed E-state index contributed by atoms with van der Waals surface area (Å²) in [4.78, 5) is 6.44. The Bertz CT molecular complexity index is 326. The Balaban J connectivity index is 1.88. The molecular weight excluding hydrogens is 284 g/mol. The van der Waals surface area contributed by atoms with Crippen LogP contribution >= 0.6 is 0 Å². The van der Waals surface area contributed by atoms with Crippen molar-refractivity contribution in [3.8, 4) is 0 Å². The first-order valence-corrected chi connectivity index (χ1v) is 9.86. The smallest absolute Gasteiger partial charge is 0.107 e. The molecule has 0 aromatic carbocycles. The van der Waals surface area contributed by atoms with Gasteiger partial charge < -0.3 is 5.11 Å². The summed E-state index contributed by atoms with van der Waals surface area (Å²) in [6, 6.07) is 0. The molecule has 134 valence electrons. The van der Waals surface area contributed by atoms with Gasteiger partial charge in [-0.1, -0.05) is 76.9 Å². The molecule has 0 amide bonds. The monoisotopic (exact) mass is 322 g/mol. The third-order valence-electron chi connectivity index (χ3n) is 4.67. The number of hydrogen-bond donors (Lipinski definition) is 1. The Morgan fingerprint density at radius 1 is 1.04 bits per heavy atom. The molecular formula is C20H38N2O. The topological polar surface area (TPSA) is 35.8 Å². The highest BCUT2D eigenvalue weighted by atomic mass is 16.3. The molecule has 1 aliphatic heterocycles. The predicted octanol–water partition coefficient (Wildman–Crippen LogP) is 5.29. The molecule has 2 atom stereocenters. The van der Waals surface area contributed by atoms with Gasteiger partial charge in [0.15, 0.2) is 0 Å². The fraction of sp³-hybridized carbons (Fsp3) is 0.850. The van der Waals surface area contributed by atoms with E-state index in [1.54, 1.807) is 0 Å². The van der Waals surface area contributed by atoms with Gasteiger partial charge in [0.05, 0.1) is 0 Å². The summed E-state index contributed by atoms with van der Waals surface area (Å²) in [5, 5.41) is 9.65. The number of hydrogen-bond acceptors (Lipinski definition) is 3. The van der Waals surface area contributed by atoms with Crippen molar-refractivity contribution >= 4 is 6.21 Å². The summed E-state index contributed by atoms with van der Waals surface area (Å²) in [5.74, 6) is 0. The first-order valence-electron chi connectivity index (χ1n) is 9.86. The molecule has 0 spiro atoms. The van der Waals surface area contributed by atoms with Crippen LogP contribution in [0.15, 0.2) is 17.1 Å². The van der Waals surface area contributed by atoms with Crippen LogP contribution in [0.3, 0.4) is 0 Å². The summed E-state index contributed by atoms with van der Waals surface area (Å²) in [6.07, 6.45) is 22.2. The Kier molecular flexibility index (Phi) is 12.2. The zero-order chi connectivity index (χ0) is 16.8. The van der Waals surface area contributed by atoms with Crippen LogP contribution in [0.5, 0.6) is 0 Å². The van der Waals surface area contributed by atoms with Gasteiger partial charge in [-0.3, -0.25) is 9.89 Å². The summed E-state index contributed by atoms with van der Waals surface area (Å²) in [5.41, 5.74) is 0. The molecule has 0 aromatic heterocycles. The van der Waals surface area contributed by atoms with E-state index in [-0.39, 0.29) is 6.17 Å². The van der Waals surface area contributed by atoms with Crippen molar-refractivity contribution in [1.82, 2.24) is 4.90 Å². The number of rotatable bonds is 14. The molecule has 1 heterocycles. The van der Waals surface area contributed by atoms with Gasteiger partial charge in [-0.05, 0) is 19.8 Å². The Morgan fingerprint density at radius 2 is 1.65 bits per heavy atom. The molecule has 0 radical (unpaired) electrons. The first-order chi connectivity index (χ1) is 11.3. The van der Waals surface area contributed by atoms with Crippen molar-refractivity contribution in [1.29, 1.82) is 0 Å². The summed E-state index contributed by atoms with van der Waals surface area (Å²) in [6.45, 7) is 4.86. The standard InChI is InChI=1S/C20H38N2O/c1-3-4-5-6-7-8-9-10-11-12-13-14-15-16-20-21-17-18-22(20)19(2)23/h14-15,17,19-20,23H,3-13,16,18H2,1-2H3/b15-14+. The van der Waals surface area contributed by atoms with Crippen molar-refractivity contribution < 1.29 is 5.11 Å². The van der Waals surface area contributed by atoms with E-state index in [1.807, 2.05) is 18.0 Å². The van der Waals surface area contributed by atoms with Crippen LogP contribution in [-0.2, 0) is 0 Å². The average molecular weight is 323 g/mol. The zero-order valence-corrected chi connectivity index (χ0v) is 15.4. The Hall–Kier alpha value is -0.670. The number of nitrogens with zero attached hydrogens (tertiary/aromatic N) is 2. The van der Waals surface area contributed by atoms with Crippen LogP contribution in [0.1, 0.15) is 90.9 Å². The van der Waals surface area contributed by atoms with E-state index in [4.69, 9.17) is 0 Å². The second kappa shape index (κ2) is 13.7. The highest BCUT2D eigenvalue weighted by molar-refractivity contribution is 5.62. The number of aliphatic imine (C=N–C) groups is 1. The molecule has 3 nitrogen and oxygen atoms in total. The fourth-order valence-electron chi connectivity index (χ4n) is 3.15. The fourth-order valence-corrected chi connectivity index (χ4v) is 3.15. The average Bonchev–Trinajstić information content (AvgIpc) is 3.00. The SMILES string of the molecule is CCCCCCCCCCCC/C=C/CC1N=CCN1C(C)O. The minimum Gasteiger partial charge on any atom is -0.379 e. The Morgan fingerprint density at radius 3 is 2.26 bits per heavy atom. The third kappa shape index (κ3) is 9.93. The first kappa shape index (κ1) is 20.4. The molecule has 2 unspecified atom stereocenters. The molecule has 1 N–H and O–H groups in total. The Labute approximate surface area is 143 Å². The van der Waals surface area contributed by atoms with Gasteiger partial charge >= 0.3 is 0 Å². The van der Waals surface area contributed by atoms with Gasteiger partial charge in [-0.15, -0.1) is 0 Å². The van der Waals surface area contributed by atoms with Gasteiger partial charge in [0.2, 0.25) is 0 Å². The van der Waals surface area contributed by atoms with Gasteiger partial charge in [0.25, 0.3) is 0 Å². The van der Waals surface area contributed by atoms with E-state index in [2.05, 4.69) is 24.1 Å². The van der Waals surface area contributed by atoms with Crippen LogP contribution in [0.2, 0.25) is 0 Å². The van der Waals surface area contributed by atoms with Crippen LogP contribution in [-0.4, -0.2) is 35.2 Å². The summed E-state index contributed by atoms with van der Waals surface area (Å²) >= 11 is 0. The highest BCUT2D eigenvalue weighted by Gasteiger charge is 2.22. The second-order valence-corrected chi connectivity index (χ2v) is 6.82. The molecule has 23 heavy (non-hydrogen) atoms. The lowest BCUT2D eigenvalue weighted by atomic mass is 10.1. The van der Waals surface area contributed by atoms with E-state index in [0.29, 0.717) is 0 Å². The number of unbranched alkanes of at least 4 members (excludes halogenated alkanes) is 10. The van der Waals surface area contributed by atoms with Crippen molar-refractivity contribution in [3.05, 3.63) is 12.2 Å². The molecule has 0 saturated heterocycles. The van der Waals surface area contributed by atoms with Gasteiger partial charge in [0, 0.05) is 19.2 Å². The predicted molar refractivity (Wildman–Crippen MR) is 101 cm³/mol. The van der Waals surface area contributed by atoms with Crippen molar-refractivity contribution in [3.63, 3.8) is 0 Å². The lowest BCUT2D eigenvalue weighted by Gasteiger charge is -2.24. The van der Waals surface area contributed by atoms with Crippen LogP contribution in [0.25, 0.3) is 0 Å². The maximum absolute atomic E-state index is 9.65. The molecule has 1 aliphatic rings. The lowest BCUT2D eigenvalue weighted by Crippen LogP contribution is -2.37.